The van der Waals surface area contributed by atoms with Gasteiger partial charge in [0.25, 0.3) is 0 Å². The molecule has 8 heteroatoms. The lowest BCUT2D eigenvalue weighted by molar-refractivity contribution is 0.159. The molecule has 6 nitrogen and oxygen atoms in total. The number of carbonyl (C=O) groups is 1. The molecule has 0 aliphatic carbocycles. The van der Waals surface area contributed by atoms with E-state index in [-0.39, 0.29) is 5.82 Å². The van der Waals surface area contributed by atoms with Crippen molar-refractivity contribution in [1.29, 1.82) is 0 Å². The Kier molecular flexibility index (Phi) is 5.09. The average molecular weight is 404 g/mol. The van der Waals surface area contributed by atoms with E-state index in [0.29, 0.717) is 35.8 Å². The van der Waals surface area contributed by atoms with Crippen molar-refractivity contribution in [3.8, 4) is 0 Å². The number of ether oxygens (including phenoxy) is 1. The molecule has 3 aliphatic rings. The molecule has 28 heavy (non-hydrogen) atoms. The van der Waals surface area contributed by atoms with Crippen molar-refractivity contribution in [3.05, 3.63) is 48.7 Å². The second kappa shape index (κ2) is 7.40. The fourth-order valence-electron chi connectivity index (χ4n) is 3.72. The Balaban J connectivity index is 1.50. The Morgan fingerprint density at radius 2 is 2.14 bits per heavy atom. The molecule has 1 amide bonds. The smallest absolute Gasteiger partial charge is 0.414 e. The van der Waals surface area contributed by atoms with E-state index in [2.05, 4.69) is 16.8 Å². The molecule has 2 atom stereocenters. The van der Waals surface area contributed by atoms with Crippen molar-refractivity contribution >= 4 is 28.8 Å². The first-order valence-electron chi connectivity index (χ1n) is 9.31. The molecule has 3 aliphatic heterocycles. The summed E-state index contributed by atoms with van der Waals surface area (Å²) >= 11 is -0.733. The van der Waals surface area contributed by atoms with Crippen LogP contribution in [-0.2, 0) is 21.3 Å². The maximum atomic E-state index is 14.9. The predicted octanol–water partition coefficient (Wildman–Crippen LogP) is 2.28. The van der Waals surface area contributed by atoms with Crippen molar-refractivity contribution in [2.24, 2.45) is 4.99 Å². The normalized spacial score (nSPS) is 28.5. The van der Waals surface area contributed by atoms with Gasteiger partial charge in [-0.15, -0.1) is 0 Å². The number of hydrogen-bond acceptors (Lipinski definition) is 5. The van der Waals surface area contributed by atoms with Gasteiger partial charge >= 0.3 is 6.09 Å². The molecule has 0 saturated carbocycles. The molecule has 3 heterocycles. The van der Waals surface area contributed by atoms with Crippen LogP contribution in [0.15, 0.2) is 35.3 Å². The highest BCUT2D eigenvalue weighted by atomic mass is 32.2. The zero-order chi connectivity index (χ0) is 19.9. The second-order valence-corrected chi connectivity index (χ2v) is 9.24. The minimum atomic E-state index is -0.733. The first-order chi connectivity index (χ1) is 13.4. The summed E-state index contributed by atoms with van der Waals surface area (Å²) in [6.07, 6.45) is 2.95. The molecule has 2 unspecified atom stereocenters. The van der Waals surface area contributed by atoms with Crippen LogP contribution in [0.25, 0.3) is 0 Å². The standard InChI is InChI=1S/C20H23FN3O3S/c1-14-12-24(19(25)27-14)15-3-4-16(17(21)11-15)20(2)6-5-18(22-13-20)23-7-9-28(26)10-8-23/h3-6,11,14H,1,7-10,12-13H2,2H3. The first kappa shape index (κ1) is 19.3. The SMILES string of the molecule is [CH2]C1CN(c2ccc(C3(C)C=CC(N4CC[S+]([O-])CC4)=NC3)c(F)c2)C(=O)O1. The number of amides is 1. The zero-order valence-electron chi connectivity index (χ0n) is 15.8. The van der Waals surface area contributed by atoms with Crippen molar-refractivity contribution in [2.45, 2.75) is 18.4 Å². The average Bonchev–Trinajstić information content (AvgIpc) is 3.01. The number of cyclic esters (lactones) is 1. The maximum absolute atomic E-state index is 14.9. The Morgan fingerprint density at radius 3 is 2.71 bits per heavy atom. The van der Waals surface area contributed by atoms with E-state index in [1.54, 1.807) is 12.1 Å². The van der Waals surface area contributed by atoms with Gasteiger partial charge < -0.3 is 14.2 Å². The molecule has 0 spiro atoms. The van der Waals surface area contributed by atoms with Crippen LogP contribution in [-0.4, -0.2) is 65.2 Å². The number of aliphatic imine (C=N–C) groups is 1. The van der Waals surface area contributed by atoms with E-state index < -0.39 is 28.8 Å². The molecule has 1 radical (unpaired) electrons. The molecule has 1 aromatic carbocycles. The Morgan fingerprint density at radius 1 is 1.39 bits per heavy atom. The highest BCUT2D eigenvalue weighted by molar-refractivity contribution is 7.91. The maximum Gasteiger partial charge on any atom is 0.414 e. The summed E-state index contributed by atoms with van der Waals surface area (Å²) in [5, 5.41) is 0. The first-order valence-corrected chi connectivity index (χ1v) is 10.8. The molecule has 149 valence electrons. The van der Waals surface area contributed by atoms with Gasteiger partial charge in [-0.2, -0.15) is 0 Å². The van der Waals surface area contributed by atoms with Gasteiger partial charge in [0.1, 0.15) is 29.3 Å². The molecule has 4 rings (SSSR count). The second-order valence-electron chi connectivity index (χ2n) is 7.54. The summed E-state index contributed by atoms with van der Waals surface area (Å²) < 4.78 is 31.5. The number of carbonyl (C=O) groups excluding carboxylic acids is 1. The molecule has 0 N–H and O–H groups in total. The van der Waals surface area contributed by atoms with Crippen molar-refractivity contribution in [2.75, 3.05) is 42.6 Å². The summed E-state index contributed by atoms with van der Waals surface area (Å²) in [6, 6.07) is 4.81. The van der Waals surface area contributed by atoms with Crippen LogP contribution >= 0.6 is 0 Å². The third kappa shape index (κ3) is 3.63. The van der Waals surface area contributed by atoms with E-state index in [1.165, 1.54) is 11.0 Å². The van der Waals surface area contributed by atoms with Crippen molar-refractivity contribution < 1.29 is 18.5 Å². The lowest BCUT2D eigenvalue weighted by Crippen LogP contribution is -2.44. The number of benzene rings is 1. The van der Waals surface area contributed by atoms with E-state index in [4.69, 9.17) is 4.74 Å². The Bertz CT molecular complexity index is 838. The number of anilines is 1. The summed E-state index contributed by atoms with van der Waals surface area (Å²) in [5.41, 5.74) is 0.436. The van der Waals surface area contributed by atoms with E-state index in [0.717, 1.165) is 18.9 Å². The lowest BCUT2D eigenvalue weighted by Gasteiger charge is -2.34. The predicted molar refractivity (Wildman–Crippen MR) is 108 cm³/mol. The minimum absolute atomic E-state index is 0.309. The Labute approximate surface area is 167 Å². The highest BCUT2D eigenvalue weighted by Gasteiger charge is 2.33. The summed E-state index contributed by atoms with van der Waals surface area (Å²) in [5.74, 6) is 1.81. The third-order valence-electron chi connectivity index (χ3n) is 5.43. The van der Waals surface area contributed by atoms with Gasteiger partial charge in [-0.25, -0.2) is 9.18 Å². The molecular formula is C20H23FN3O3S. The molecular weight excluding hydrogens is 381 g/mol. The van der Waals surface area contributed by atoms with Crippen LogP contribution in [0, 0.1) is 12.7 Å². The van der Waals surface area contributed by atoms with Crippen LogP contribution in [0.5, 0.6) is 0 Å². The number of hydrogen-bond donors (Lipinski definition) is 0. The van der Waals surface area contributed by atoms with Crippen LogP contribution in [0.4, 0.5) is 14.9 Å². The van der Waals surface area contributed by atoms with Gasteiger partial charge in [-0.3, -0.25) is 9.89 Å². The van der Waals surface area contributed by atoms with E-state index in [9.17, 15) is 13.7 Å². The van der Waals surface area contributed by atoms with Gasteiger partial charge in [0.15, 0.2) is 0 Å². The van der Waals surface area contributed by atoms with Crippen molar-refractivity contribution in [3.63, 3.8) is 0 Å². The summed E-state index contributed by atoms with van der Waals surface area (Å²) in [4.78, 5) is 20.0. The van der Waals surface area contributed by atoms with Gasteiger partial charge in [0.2, 0.25) is 0 Å². The number of nitrogens with zero attached hydrogens (tertiary/aromatic N) is 3. The monoisotopic (exact) mass is 404 g/mol. The van der Waals surface area contributed by atoms with Gasteiger partial charge in [-0.1, -0.05) is 30.2 Å². The fourth-order valence-corrected chi connectivity index (χ4v) is 4.78. The third-order valence-corrected chi connectivity index (χ3v) is 6.70. The zero-order valence-corrected chi connectivity index (χ0v) is 16.6. The van der Waals surface area contributed by atoms with Crippen LogP contribution < -0.4 is 4.90 Å². The van der Waals surface area contributed by atoms with Gasteiger partial charge in [0.05, 0.1) is 31.9 Å². The highest BCUT2D eigenvalue weighted by Crippen LogP contribution is 2.33. The number of dihydropyridines is 1. The topological polar surface area (TPSA) is 68.2 Å². The van der Waals surface area contributed by atoms with E-state index in [1.807, 2.05) is 19.1 Å². The summed E-state index contributed by atoms with van der Waals surface area (Å²) in [6.45, 7) is 7.86. The van der Waals surface area contributed by atoms with Gasteiger partial charge in [0, 0.05) is 5.41 Å². The number of amidine groups is 1. The molecule has 2 saturated heterocycles. The van der Waals surface area contributed by atoms with Crippen LogP contribution in [0.1, 0.15) is 12.5 Å². The number of halogens is 1. The van der Waals surface area contributed by atoms with Crippen LogP contribution in [0.2, 0.25) is 0 Å². The minimum Gasteiger partial charge on any atom is -0.616 e. The van der Waals surface area contributed by atoms with Gasteiger partial charge in [-0.05, 0) is 30.7 Å². The number of rotatable bonds is 2. The molecule has 0 aromatic heterocycles. The largest absolute Gasteiger partial charge is 0.616 e. The molecule has 0 bridgehead atoms. The summed E-state index contributed by atoms with van der Waals surface area (Å²) in [7, 11) is 0. The van der Waals surface area contributed by atoms with E-state index >= 15 is 0 Å². The quantitative estimate of drug-likeness (QED) is 0.710. The lowest BCUT2D eigenvalue weighted by atomic mass is 9.80. The van der Waals surface area contributed by atoms with Crippen LogP contribution in [0.3, 0.4) is 0 Å². The molecule has 1 aromatic rings. The fraction of sp³-hybridized carbons (Fsp3) is 0.450. The van der Waals surface area contributed by atoms with Crippen molar-refractivity contribution in [1.82, 2.24) is 4.90 Å². The Hall–Kier alpha value is -2.06. The molecule has 2 fully saturated rings.